The summed E-state index contributed by atoms with van der Waals surface area (Å²) in [6, 6.07) is 107. The smallest absolute Gasteiger partial charge is 0.164 e. The number of aromatic nitrogens is 3. The summed E-state index contributed by atoms with van der Waals surface area (Å²) in [7, 11) is 0. The van der Waals surface area contributed by atoms with Gasteiger partial charge in [0.25, 0.3) is 0 Å². The lowest BCUT2D eigenvalue weighted by molar-refractivity contribution is 0.731. The number of para-hydroxylation sites is 4. The van der Waals surface area contributed by atoms with Crippen LogP contribution in [-0.4, -0.2) is 15.0 Å². The Balaban J connectivity index is 0.858. The van der Waals surface area contributed by atoms with Crippen LogP contribution in [0.5, 0.6) is 0 Å². The fourth-order valence-electron chi connectivity index (χ4n) is 12.2. The van der Waals surface area contributed by atoms with Crippen molar-refractivity contribution >= 4 is 34.1 Å². The van der Waals surface area contributed by atoms with Gasteiger partial charge in [-0.3, -0.25) is 0 Å². The number of hydrogen-bond donors (Lipinski definition) is 0. The number of hydrogen-bond acceptors (Lipinski definition) is 5. The average Bonchev–Trinajstić information content (AvgIpc) is 3.51. The summed E-state index contributed by atoms with van der Waals surface area (Å²) < 4.78 is 0. The van der Waals surface area contributed by atoms with Crippen molar-refractivity contribution in [2.45, 2.75) is 10.8 Å². The fraction of sp³-hybridized carbons (Fsp3) is 0.0282. The molecule has 0 spiro atoms. The van der Waals surface area contributed by atoms with Gasteiger partial charge in [0, 0.05) is 28.1 Å². The van der Waals surface area contributed by atoms with Crippen LogP contribution in [-0.2, 0) is 10.8 Å². The first kappa shape index (κ1) is 44.7. The summed E-state index contributed by atoms with van der Waals surface area (Å²) in [5.41, 5.74) is 18.0. The first-order valence-electron chi connectivity index (χ1n) is 25.9. The summed E-state index contributed by atoms with van der Waals surface area (Å²) in [4.78, 5) is 20.4. The third-order valence-electron chi connectivity index (χ3n) is 15.5. The highest BCUT2D eigenvalue weighted by atomic mass is 15.2. The molecule has 5 heteroatoms. The summed E-state index contributed by atoms with van der Waals surface area (Å²) in [5.74, 6) is 1.81. The second-order valence-corrected chi connectivity index (χ2v) is 19.5. The van der Waals surface area contributed by atoms with Gasteiger partial charge in [0.1, 0.15) is 0 Å². The van der Waals surface area contributed by atoms with Crippen molar-refractivity contribution in [3.05, 3.63) is 342 Å². The van der Waals surface area contributed by atoms with Gasteiger partial charge in [-0.1, -0.05) is 224 Å². The van der Waals surface area contributed by atoms with Gasteiger partial charge in [0.2, 0.25) is 0 Å². The quantitative estimate of drug-likeness (QED) is 0.144. The van der Waals surface area contributed by atoms with E-state index in [0.717, 1.165) is 50.8 Å². The highest BCUT2D eigenvalue weighted by Gasteiger charge is 2.48. The number of fused-ring (bicyclic) bond motifs is 4. The van der Waals surface area contributed by atoms with Crippen LogP contribution in [0, 0.1) is 0 Å². The molecule has 76 heavy (non-hydrogen) atoms. The molecular formula is C71H49N5. The van der Waals surface area contributed by atoms with Crippen molar-refractivity contribution in [2.75, 3.05) is 9.80 Å². The van der Waals surface area contributed by atoms with Gasteiger partial charge in [-0.25, -0.2) is 15.0 Å². The molecule has 0 fully saturated rings. The van der Waals surface area contributed by atoms with Crippen LogP contribution in [0.3, 0.4) is 0 Å². The molecule has 0 atom stereocenters. The second-order valence-electron chi connectivity index (χ2n) is 19.5. The van der Waals surface area contributed by atoms with Gasteiger partial charge in [0.05, 0.1) is 33.6 Å². The van der Waals surface area contributed by atoms with Crippen molar-refractivity contribution in [2.24, 2.45) is 0 Å². The lowest BCUT2D eigenvalue weighted by Crippen LogP contribution is -2.37. The Kier molecular flexibility index (Phi) is 10.9. The molecule has 0 N–H and O–H groups in total. The zero-order valence-corrected chi connectivity index (χ0v) is 41.5. The number of nitrogens with zero attached hydrogens (tertiary/aromatic N) is 5. The van der Waals surface area contributed by atoms with E-state index < -0.39 is 10.8 Å². The Bertz CT molecular complexity index is 3610. The monoisotopic (exact) mass is 971 g/mol. The normalized spacial score (nSPS) is 13.7. The third kappa shape index (κ3) is 7.04. The zero-order chi connectivity index (χ0) is 50.5. The maximum absolute atomic E-state index is 5.25. The molecule has 0 saturated carbocycles. The standard InChI is InChI=1S/C71H49N5/c1-6-24-50(25-7-1)67-72-68(51-42-46-57(47-43-51)75-63-38-20-16-34-59(63)70(53-26-8-2-9-27-53,54-28-10-3-11-29-54)60-35-17-21-39-64(60)75)74-69(73-67)52-44-48-58(49-45-52)76-65-40-22-18-36-61(65)71(55-30-12-4-13-31-55,56-32-14-5-15-33-56)62-37-19-23-41-66(62)76/h1-49H. The molecule has 14 rings (SSSR count). The lowest BCUT2D eigenvalue weighted by Gasteiger charge is -2.46. The van der Waals surface area contributed by atoms with Gasteiger partial charge in [-0.2, -0.15) is 0 Å². The predicted molar refractivity (Wildman–Crippen MR) is 309 cm³/mol. The Labute approximate surface area is 443 Å². The summed E-state index contributed by atoms with van der Waals surface area (Å²) in [6.07, 6.45) is 0. The highest BCUT2D eigenvalue weighted by Crippen LogP contribution is 2.59. The Morgan fingerprint density at radius 3 is 0.711 bits per heavy atom. The van der Waals surface area contributed by atoms with Crippen molar-refractivity contribution in [3.8, 4) is 34.2 Å². The van der Waals surface area contributed by atoms with Gasteiger partial charge < -0.3 is 9.80 Å². The van der Waals surface area contributed by atoms with Gasteiger partial charge >= 0.3 is 0 Å². The van der Waals surface area contributed by atoms with Gasteiger partial charge in [0.15, 0.2) is 17.5 Å². The van der Waals surface area contributed by atoms with Gasteiger partial charge in [-0.05, 0) is 117 Å². The Morgan fingerprint density at radius 1 is 0.211 bits per heavy atom. The molecule has 0 amide bonds. The third-order valence-corrected chi connectivity index (χ3v) is 15.5. The topological polar surface area (TPSA) is 45.2 Å². The molecule has 1 aromatic heterocycles. The molecule has 358 valence electrons. The van der Waals surface area contributed by atoms with Crippen molar-refractivity contribution in [1.82, 2.24) is 15.0 Å². The maximum Gasteiger partial charge on any atom is 0.164 e. The molecule has 5 nitrogen and oxygen atoms in total. The molecule has 0 unspecified atom stereocenters. The molecule has 12 aromatic rings. The molecule has 0 aliphatic carbocycles. The molecule has 11 aromatic carbocycles. The van der Waals surface area contributed by atoms with Crippen LogP contribution in [0.2, 0.25) is 0 Å². The average molecular weight is 972 g/mol. The molecular weight excluding hydrogens is 923 g/mol. The first-order valence-corrected chi connectivity index (χ1v) is 25.9. The largest absolute Gasteiger partial charge is 0.310 e. The Morgan fingerprint density at radius 2 is 0.434 bits per heavy atom. The fourth-order valence-corrected chi connectivity index (χ4v) is 12.2. The minimum absolute atomic E-state index is 0.543. The molecule has 0 bridgehead atoms. The van der Waals surface area contributed by atoms with E-state index in [2.05, 4.69) is 289 Å². The van der Waals surface area contributed by atoms with E-state index in [4.69, 9.17) is 15.0 Å². The summed E-state index contributed by atoms with van der Waals surface area (Å²) in [5, 5.41) is 0. The van der Waals surface area contributed by atoms with E-state index in [1.807, 2.05) is 18.2 Å². The van der Waals surface area contributed by atoms with Crippen LogP contribution in [0.25, 0.3) is 34.2 Å². The van der Waals surface area contributed by atoms with Crippen LogP contribution < -0.4 is 9.80 Å². The lowest BCUT2D eigenvalue weighted by atomic mass is 9.62. The van der Waals surface area contributed by atoms with E-state index >= 15 is 0 Å². The van der Waals surface area contributed by atoms with Crippen LogP contribution >= 0.6 is 0 Å². The molecule has 2 aliphatic heterocycles. The summed E-state index contributed by atoms with van der Waals surface area (Å²) >= 11 is 0. The van der Waals surface area contributed by atoms with Crippen LogP contribution in [0.15, 0.2) is 297 Å². The van der Waals surface area contributed by atoms with E-state index in [1.165, 1.54) is 44.5 Å². The Hall–Kier alpha value is -9.97. The molecule has 0 radical (unpaired) electrons. The molecule has 3 heterocycles. The SMILES string of the molecule is c1ccc(-c2nc(-c3ccc(N4c5ccccc5C(c5ccccc5)(c5ccccc5)c5ccccc54)cc3)nc(-c3ccc(N4c5ccccc5C(c5ccccc5)(c5ccccc5)c5ccccc54)cc3)n2)cc1. The molecule has 2 aliphatic rings. The molecule has 0 saturated heterocycles. The van der Waals surface area contributed by atoms with Gasteiger partial charge in [-0.15, -0.1) is 0 Å². The van der Waals surface area contributed by atoms with Crippen molar-refractivity contribution < 1.29 is 0 Å². The number of anilines is 6. The minimum Gasteiger partial charge on any atom is -0.310 e. The van der Waals surface area contributed by atoms with Crippen molar-refractivity contribution in [1.29, 1.82) is 0 Å². The maximum atomic E-state index is 5.25. The second kappa shape index (κ2) is 18.5. The zero-order valence-electron chi connectivity index (χ0n) is 41.5. The van der Waals surface area contributed by atoms with E-state index in [1.54, 1.807) is 0 Å². The number of benzene rings is 11. The van der Waals surface area contributed by atoms with E-state index in [0.29, 0.717) is 17.5 Å². The van der Waals surface area contributed by atoms with E-state index in [-0.39, 0.29) is 0 Å². The highest BCUT2D eigenvalue weighted by molar-refractivity contribution is 5.91. The van der Waals surface area contributed by atoms with Crippen LogP contribution in [0.4, 0.5) is 34.1 Å². The minimum atomic E-state index is -0.543. The van der Waals surface area contributed by atoms with Crippen molar-refractivity contribution in [3.63, 3.8) is 0 Å². The summed E-state index contributed by atoms with van der Waals surface area (Å²) in [6.45, 7) is 0. The number of rotatable bonds is 9. The van der Waals surface area contributed by atoms with E-state index in [9.17, 15) is 0 Å². The first-order chi connectivity index (χ1) is 37.7. The van der Waals surface area contributed by atoms with Crippen LogP contribution in [0.1, 0.15) is 44.5 Å². The predicted octanol–water partition coefficient (Wildman–Crippen LogP) is 17.2.